The summed E-state index contributed by atoms with van der Waals surface area (Å²) < 4.78 is 0. The highest BCUT2D eigenvalue weighted by Crippen LogP contribution is 2.14. The number of nitrogen functional groups attached to an aromatic ring is 1. The molecule has 66 valence electrons. The summed E-state index contributed by atoms with van der Waals surface area (Å²) in [5.74, 6) is 0.0683. The van der Waals surface area contributed by atoms with Gasteiger partial charge in [0, 0.05) is 5.56 Å². The summed E-state index contributed by atoms with van der Waals surface area (Å²) in [6.45, 7) is 7.36. The fourth-order valence-corrected chi connectivity index (χ4v) is 1.10. The van der Waals surface area contributed by atoms with Crippen LogP contribution in [0.4, 0.5) is 0 Å². The second-order valence-electron chi connectivity index (χ2n) is 2.67. The number of hydrogen-bond acceptors (Lipinski definition) is 1. The van der Waals surface area contributed by atoms with Gasteiger partial charge in [-0.2, -0.15) is 0 Å². The Hall–Kier alpha value is -1.83. The first-order chi connectivity index (χ1) is 6.19. The minimum absolute atomic E-state index is 0.0683. The first-order valence-corrected chi connectivity index (χ1v) is 3.92. The minimum atomic E-state index is 0.0683. The van der Waals surface area contributed by atoms with Gasteiger partial charge in [0.05, 0.1) is 0 Å². The number of nitrogens with one attached hydrogen (secondary N) is 1. The van der Waals surface area contributed by atoms with Crippen LogP contribution in [0.25, 0.3) is 12.2 Å². The molecule has 0 aliphatic rings. The van der Waals surface area contributed by atoms with Crippen LogP contribution in [0.5, 0.6) is 0 Å². The van der Waals surface area contributed by atoms with Gasteiger partial charge in [-0.05, 0) is 17.2 Å². The predicted octanol–water partition coefficient (Wildman–Crippen LogP) is 2.26. The van der Waals surface area contributed by atoms with E-state index in [-0.39, 0.29) is 5.84 Å². The number of hydrogen-bond donors (Lipinski definition) is 2. The van der Waals surface area contributed by atoms with Crippen molar-refractivity contribution in [2.24, 2.45) is 5.73 Å². The molecule has 0 aliphatic heterocycles. The summed E-state index contributed by atoms with van der Waals surface area (Å²) in [5.41, 5.74) is 8.01. The van der Waals surface area contributed by atoms with Gasteiger partial charge in [0.15, 0.2) is 0 Å². The van der Waals surface area contributed by atoms with Crippen LogP contribution in [0.15, 0.2) is 31.4 Å². The van der Waals surface area contributed by atoms with Crippen LogP contribution in [0.3, 0.4) is 0 Å². The van der Waals surface area contributed by atoms with E-state index in [1.54, 1.807) is 18.2 Å². The third-order valence-corrected chi connectivity index (χ3v) is 1.84. The van der Waals surface area contributed by atoms with Crippen molar-refractivity contribution in [2.75, 3.05) is 0 Å². The first kappa shape index (κ1) is 9.26. The van der Waals surface area contributed by atoms with Crippen molar-refractivity contribution in [3.05, 3.63) is 48.0 Å². The smallest absolute Gasteiger partial charge is 0.122 e. The van der Waals surface area contributed by atoms with Crippen molar-refractivity contribution < 1.29 is 0 Å². The summed E-state index contributed by atoms with van der Waals surface area (Å²) in [6, 6.07) is 5.50. The number of nitrogens with two attached hydrogens (primary N) is 1. The lowest BCUT2D eigenvalue weighted by Gasteiger charge is -2.03. The Morgan fingerprint density at radius 1 is 1.23 bits per heavy atom. The molecular formula is C11H12N2. The normalized spacial score (nSPS) is 9.23. The van der Waals surface area contributed by atoms with Gasteiger partial charge >= 0.3 is 0 Å². The number of benzene rings is 1. The zero-order valence-electron chi connectivity index (χ0n) is 7.38. The fourth-order valence-electron chi connectivity index (χ4n) is 1.10. The molecule has 0 fully saturated rings. The zero-order chi connectivity index (χ0) is 9.84. The Morgan fingerprint density at radius 3 is 2.31 bits per heavy atom. The maximum absolute atomic E-state index is 7.25. The topological polar surface area (TPSA) is 49.9 Å². The molecule has 0 radical (unpaired) electrons. The maximum Gasteiger partial charge on any atom is 0.122 e. The lowest BCUT2D eigenvalue weighted by atomic mass is 10.0. The molecule has 2 nitrogen and oxygen atoms in total. The van der Waals surface area contributed by atoms with Crippen LogP contribution < -0.4 is 5.73 Å². The van der Waals surface area contributed by atoms with E-state index in [4.69, 9.17) is 11.1 Å². The molecule has 1 aromatic rings. The van der Waals surface area contributed by atoms with E-state index in [2.05, 4.69) is 13.2 Å². The standard InChI is InChI=1S/C11H12N2/c1-3-8-5-6-10(11(12)13)7-9(8)4-2/h3-7H,1-2H2,(H3,12,13). The molecule has 0 heterocycles. The van der Waals surface area contributed by atoms with Crippen molar-refractivity contribution in [1.82, 2.24) is 0 Å². The number of amidine groups is 1. The Morgan fingerprint density at radius 2 is 1.85 bits per heavy atom. The highest BCUT2D eigenvalue weighted by Gasteiger charge is 1.99. The lowest BCUT2D eigenvalue weighted by molar-refractivity contribution is 1.42. The average molecular weight is 172 g/mol. The molecule has 0 saturated carbocycles. The van der Waals surface area contributed by atoms with Crippen LogP contribution in [-0.2, 0) is 0 Å². The second-order valence-corrected chi connectivity index (χ2v) is 2.67. The van der Waals surface area contributed by atoms with Crippen molar-refractivity contribution >= 4 is 18.0 Å². The third kappa shape index (κ3) is 1.85. The van der Waals surface area contributed by atoms with E-state index in [1.807, 2.05) is 12.1 Å². The number of rotatable bonds is 3. The monoisotopic (exact) mass is 172 g/mol. The van der Waals surface area contributed by atoms with Gasteiger partial charge in [-0.25, -0.2) is 0 Å². The third-order valence-electron chi connectivity index (χ3n) is 1.84. The summed E-state index contributed by atoms with van der Waals surface area (Å²) in [7, 11) is 0. The van der Waals surface area contributed by atoms with Crippen LogP contribution in [0, 0.1) is 5.41 Å². The average Bonchev–Trinajstić information content (AvgIpc) is 2.16. The Balaban J connectivity index is 3.28. The van der Waals surface area contributed by atoms with Gasteiger partial charge < -0.3 is 5.73 Å². The van der Waals surface area contributed by atoms with E-state index in [1.165, 1.54) is 0 Å². The summed E-state index contributed by atoms with van der Waals surface area (Å²) in [5, 5.41) is 7.25. The molecular weight excluding hydrogens is 160 g/mol. The van der Waals surface area contributed by atoms with Gasteiger partial charge in [0.2, 0.25) is 0 Å². The summed E-state index contributed by atoms with van der Waals surface area (Å²) in [4.78, 5) is 0. The molecule has 13 heavy (non-hydrogen) atoms. The molecule has 0 aromatic heterocycles. The van der Waals surface area contributed by atoms with Crippen LogP contribution in [0.1, 0.15) is 16.7 Å². The quantitative estimate of drug-likeness (QED) is 0.533. The van der Waals surface area contributed by atoms with Crippen molar-refractivity contribution in [1.29, 1.82) is 5.41 Å². The van der Waals surface area contributed by atoms with Gasteiger partial charge in [-0.15, -0.1) is 0 Å². The first-order valence-electron chi connectivity index (χ1n) is 3.92. The Bertz CT molecular complexity index is 364. The Kier molecular flexibility index (Phi) is 2.65. The molecule has 0 bridgehead atoms. The molecule has 0 amide bonds. The largest absolute Gasteiger partial charge is 0.384 e. The molecule has 1 aromatic carbocycles. The minimum Gasteiger partial charge on any atom is -0.384 e. The van der Waals surface area contributed by atoms with Crippen LogP contribution in [0.2, 0.25) is 0 Å². The van der Waals surface area contributed by atoms with E-state index in [0.717, 1.165) is 11.1 Å². The SMILES string of the molecule is C=Cc1ccc(C(=N)N)cc1C=C. The second kappa shape index (κ2) is 3.72. The highest BCUT2D eigenvalue weighted by atomic mass is 14.7. The molecule has 0 aliphatic carbocycles. The van der Waals surface area contributed by atoms with Gasteiger partial charge in [0.1, 0.15) is 5.84 Å². The van der Waals surface area contributed by atoms with E-state index in [0.29, 0.717) is 5.56 Å². The lowest BCUT2D eigenvalue weighted by Crippen LogP contribution is -2.11. The summed E-state index contributed by atoms with van der Waals surface area (Å²) >= 11 is 0. The van der Waals surface area contributed by atoms with Crippen LogP contribution >= 0.6 is 0 Å². The van der Waals surface area contributed by atoms with E-state index in [9.17, 15) is 0 Å². The van der Waals surface area contributed by atoms with Crippen molar-refractivity contribution in [3.63, 3.8) is 0 Å². The molecule has 0 unspecified atom stereocenters. The summed E-state index contributed by atoms with van der Waals surface area (Å²) in [6.07, 6.45) is 3.48. The van der Waals surface area contributed by atoms with Crippen molar-refractivity contribution in [3.8, 4) is 0 Å². The Labute approximate surface area is 77.9 Å². The molecule has 0 saturated heterocycles. The van der Waals surface area contributed by atoms with Crippen molar-refractivity contribution in [2.45, 2.75) is 0 Å². The van der Waals surface area contributed by atoms with E-state index >= 15 is 0 Å². The molecule has 0 spiro atoms. The molecule has 2 heteroatoms. The van der Waals surface area contributed by atoms with E-state index < -0.39 is 0 Å². The van der Waals surface area contributed by atoms with Gasteiger partial charge in [-0.1, -0.05) is 37.4 Å². The van der Waals surface area contributed by atoms with Gasteiger partial charge in [0.25, 0.3) is 0 Å². The van der Waals surface area contributed by atoms with Crippen LogP contribution in [-0.4, -0.2) is 5.84 Å². The zero-order valence-corrected chi connectivity index (χ0v) is 7.38. The molecule has 0 atom stereocenters. The highest BCUT2D eigenvalue weighted by molar-refractivity contribution is 5.95. The predicted molar refractivity (Wildman–Crippen MR) is 57.6 cm³/mol. The fraction of sp³-hybridized carbons (Fsp3) is 0. The maximum atomic E-state index is 7.25. The molecule has 1 rings (SSSR count). The molecule has 3 N–H and O–H groups in total. The van der Waals surface area contributed by atoms with Gasteiger partial charge in [-0.3, -0.25) is 5.41 Å².